The summed E-state index contributed by atoms with van der Waals surface area (Å²) in [4.78, 5) is 13.3. The molecule has 1 amide bonds. The molecule has 0 aliphatic rings. The number of carbonyl (C=O) groups is 1. The minimum Gasteiger partial charge on any atom is -0.381 e. The summed E-state index contributed by atoms with van der Waals surface area (Å²) < 4.78 is 5.48. The third-order valence-corrected chi connectivity index (χ3v) is 2.99. The Morgan fingerprint density at radius 3 is 2.50 bits per heavy atom. The summed E-state index contributed by atoms with van der Waals surface area (Å²) in [6, 6.07) is 0. The Labute approximate surface area is 104 Å². The Balaban J connectivity index is 3.34. The monoisotopic (exact) mass is 247 g/mol. The lowest BCUT2D eigenvalue weighted by Crippen LogP contribution is -2.31. The van der Waals surface area contributed by atoms with Crippen molar-refractivity contribution < 1.29 is 9.53 Å². The first-order valence-electron chi connectivity index (χ1n) is 5.91. The molecule has 0 fully saturated rings. The van der Waals surface area contributed by atoms with Crippen LogP contribution in [0.15, 0.2) is 0 Å². The van der Waals surface area contributed by atoms with Gasteiger partial charge in [0.25, 0.3) is 0 Å². The van der Waals surface area contributed by atoms with Crippen molar-refractivity contribution in [1.29, 1.82) is 0 Å². The molecule has 96 valence electrons. The summed E-state index contributed by atoms with van der Waals surface area (Å²) in [6.07, 6.45) is 4.14. The lowest BCUT2D eigenvalue weighted by atomic mass is 10.2. The number of carbonyl (C=O) groups excluding carboxylic acids is 1. The van der Waals surface area contributed by atoms with Crippen molar-refractivity contribution in [3.05, 3.63) is 0 Å². The molecule has 0 saturated carbocycles. The second kappa shape index (κ2) is 9.97. The van der Waals surface area contributed by atoms with Crippen LogP contribution >= 0.6 is 11.8 Å². The van der Waals surface area contributed by atoms with Crippen LogP contribution < -0.4 is 0 Å². The first-order chi connectivity index (χ1) is 7.59. The minimum absolute atomic E-state index is 0.0903. The summed E-state index contributed by atoms with van der Waals surface area (Å²) in [6.45, 7) is 6.24. The maximum absolute atomic E-state index is 11.5. The van der Waals surface area contributed by atoms with Gasteiger partial charge in [-0.3, -0.25) is 4.79 Å². The van der Waals surface area contributed by atoms with E-state index < -0.39 is 0 Å². The molecule has 0 aromatic carbocycles. The van der Waals surface area contributed by atoms with Gasteiger partial charge in [0.05, 0.1) is 0 Å². The van der Waals surface area contributed by atoms with Crippen LogP contribution in [-0.4, -0.2) is 49.6 Å². The van der Waals surface area contributed by atoms with Gasteiger partial charge >= 0.3 is 0 Å². The predicted octanol–water partition coefficient (Wildman–Crippen LogP) is 2.26. The molecular formula is C12H25NO2S. The van der Waals surface area contributed by atoms with E-state index in [0.717, 1.165) is 38.4 Å². The molecule has 0 atom stereocenters. The topological polar surface area (TPSA) is 29.5 Å². The van der Waals surface area contributed by atoms with Crippen molar-refractivity contribution in [2.75, 3.05) is 38.8 Å². The third kappa shape index (κ3) is 7.99. The van der Waals surface area contributed by atoms with Crippen LogP contribution in [0.1, 0.15) is 26.7 Å². The van der Waals surface area contributed by atoms with Crippen molar-refractivity contribution in [2.24, 2.45) is 5.92 Å². The Morgan fingerprint density at radius 2 is 1.94 bits per heavy atom. The zero-order valence-electron chi connectivity index (χ0n) is 11.0. The van der Waals surface area contributed by atoms with E-state index in [9.17, 15) is 4.79 Å². The van der Waals surface area contributed by atoms with E-state index in [4.69, 9.17) is 4.74 Å². The van der Waals surface area contributed by atoms with E-state index >= 15 is 0 Å². The smallest absolute Gasteiger partial charge is 0.224 e. The zero-order valence-corrected chi connectivity index (χ0v) is 11.8. The summed E-state index contributed by atoms with van der Waals surface area (Å²) in [5, 5.41) is 0. The highest BCUT2D eigenvalue weighted by Gasteiger charge is 2.11. The Kier molecular flexibility index (Phi) is 9.83. The first kappa shape index (κ1) is 15.8. The first-order valence-corrected chi connectivity index (χ1v) is 7.30. The van der Waals surface area contributed by atoms with Crippen molar-refractivity contribution >= 4 is 17.7 Å². The summed E-state index contributed by atoms with van der Waals surface area (Å²) in [7, 11) is 1.86. The predicted molar refractivity (Wildman–Crippen MR) is 70.9 cm³/mol. The van der Waals surface area contributed by atoms with Crippen molar-refractivity contribution in [1.82, 2.24) is 4.90 Å². The number of nitrogens with zero attached hydrogens (tertiary/aromatic N) is 1. The molecule has 0 radical (unpaired) electrons. The average Bonchev–Trinajstić information content (AvgIpc) is 2.26. The normalized spacial score (nSPS) is 10.8. The maximum atomic E-state index is 11.5. The second-order valence-electron chi connectivity index (χ2n) is 4.23. The molecule has 4 heteroatoms. The molecule has 0 bridgehead atoms. The van der Waals surface area contributed by atoms with Gasteiger partial charge in [0, 0.05) is 32.7 Å². The molecule has 0 rings (SSSR count). The molecule has 3 nitrogen and oxygen atoms in total. The van der Waals surface area contributed by atoms with E-state index in [1.165, 1.54) is 0 Å². The fraction of sp³-hybridized carbons (Fsp3) is 0.917. The van der Waals surface area contributed by atoms with Gasteiger partial charge in [0.1, 0.15) is 0 Å². The Morgan fingerprint density at radius 1 is 1.31 bits per heavy atom. The summed E-state index contributed by atoms with van der Waals surface area (Å²) in [5.41, 5.74) is 0. The van der Waals surface area contributed by atoms with Crippen LogP contribution in [0.3, 0.4) is 0 Å². The van der Waals surface area contributed by atoms with Crippen LogP contribution in [-0.2, 0) is 9.53 Å². The van der Waals surface area contributed by atoms with Crippen molar-refractivity contribution in [3.8, 4) is 0 Å². The molecule has 0 aliphatic carbocycles. The van der Waals surface area contributed by atoms with E-state index in [1.54, 1.807) is 4.90 Å². The van der Waals surface area contributed by atoms with Gasteiger partial charge in [-0.05, 0) is 24.9 Å². The van der Waals surface area contributed by atoms with Gasteiger partial charge in [-0.25, -0.2) is 0 Å². The van der Waals surface area contributed by atoms with Crippen LogP contribution in [0, 0.1) is 5.92 Å². The number of hydrogen-bond acceptors (Lipinski definition) is 3. The van der Waals surface area contributed by atoms with Gasteiger partial charge < -0.3 is 9.64 Å². The van der Waals surface area contributed by atoms with E-state index in [-0.39, 0.29) is 11.8 Å². The maximum Gasteiger partial charge on any atom is 0.224 e. The molecule has 16 heavy (non-hydrogen) atoms. The summed E-state index contributed by atoms with van der Waals surface area (Å²) in [5.74, 6) is 1.46. The van der Waals surface area contributed by atoms with Gasteiger partial charge in [-0.15, -0.1) is 0 Å². The zero-order chi connectivity index (χ0) is 12.4. The number of amides is 1. The average molecular weight is 247 g/mol. The molecule has 0 aromatic heterocycles. The molecule has 0 aromatic rings. The number of thioether (sulfide) groups is 1. The summed E-state index contributed by atoms with van der Waals surface area (Å²) >= 11 is 1.84. The van der Waals surface area contributed by atoms with Gasteiger partial charge in [-0.2, -0.15) is 11.8 Å². The Bertz CT molecular complexity index is 186. The number of ether oxygens (including phenoxy) is 1. The fourth-order valence-corrected chi connectivity index (χ4v) is 1.77. The molecular weight excluding hydrogens is 222 g/mol. The highest BCUT2D eigenvalue weighted by atomic mass is 32.2. The van der Waals surface area contributed by atoms with Gasteiger partial charge in [-0.1, -0.05) is 13.8 Å². The fourth-order valence-electron chi connectivity index (χ4n) is 1.36. The molecule has 0 saturated heterocycles. The molecule has 0 unspecified atom stereocenters. The largest absolute Gasteiger partial charge is 0.381 e. The SMILES string of the molecule is CSCCCOCCCN(C)C(=O)C(C)C. The third-order valence-electron chi connectivity index (χ3n) is 2.29. The molecule has 0 heterocycles. The second-order valence-corrected chi connectivity index (χ2v) is 5.21. The van der Waals surface area contributed by atoms with Crippen LogP contribution in [0.5, 0.6) is 0 Å². The van der Waals surface area contributed by atoms with Crippen LogP contribution in [0.4, 0.5) is 0 Å². The number of rotatable bonds is 9. The number of hydrogen-bond donors (Lipinski definition) is 0. The highest BCUT2D eigenvalue weighted by molar-refractivity contribution is 7.98. The van der Waals surface area contributed by atoms with Gasteiger partial charge in [0.15, 0.2) is 0 Å². The highest BCUT2D eigenvalue weighted by Crippen LogP contribution is 2.00. The minimum atomic E-state index is 0.0903. The standard InChI is InChI=1S/C12H25NO2S/c1-11(2)12(14)13(3)7-5-8-15-9-6-10-16-4/h11H,5-10H2,1-4H3. The van der Waals surface area contributed by atoms with Crippen LogP contribution in [0.25, 0.3) is 0 Å². The lowest BCUT2D eigenvalue weighted by molar-refractivity contribution is -0.133. The van der Waals surface area contributed by atoms with E-state index in [1.807, 2.05) is 32.7 Å². The van der Waals surface area contributed by atoms with E-state index in [2.05, 4.69) is 6.26 Å². The van der Waals surface area contributed by atoms with E-state index in [0.29, 0.717) is 0 Å². The van der Waals surface area contributed by atoms with Gasteiger partial charge in [0.2, 0.25) is 5.91 Å². The molecule has 0 spiro atoms. The van der Waals surface area contributed by atoms with Crippen LogP contribution in [0.2, 0.25) is 0 Å². The van der Waals surface area contributed by atoms with Crippen molar-refractivity contribution in [2.45, 2.75) is 26.7 Å². The quantitative estimate of drug-likeness (QED) is 0.585. The molecule has 0 N–H and O–H groups in total. The van der Waals surface area contributed by atoms with Crippen molar-refractivity contribution in [3.63, 3.8) is 0 Å². The lowest BCUT2D eigenvalue weighted by Gasteiger charge is -2.19. The molecule has 0 aliphatic heterocycles. The Hall–Kier alpha value is -0.220.